The Bertz CT molecular complexity index is 610. The van der Waals surface area contributed by atoms with Gasteiger partial charge in [0.25, 0.3) is 0 Å². The van der Waals surface area contributed by atoms with E-state index in [0.717, 1.165) is 5.56 Å². The highest BCUT2D eigenvalue weighted by atomic mass is 35.5. The SMILES string of the molecule is CC(c1ccccc1)N(C)C(=O)Cc1c(F)cccc1Cl. The van der Waals surface area contributed by atoms with Crippen LogP contribution in [0.2, 0.25) is 5.02 Å². The fourth-order valence-electron chi connectivity index (χ4n) is 2.15. The maximum absolute atomic E-state index is 13.7. The largest absolute Gasteiger partial charge is 0.339 e. The Morgan fingerprint density at radius 2 is 1.86 bits per heavy atom. The van der Waals surface area contributed by atoms with Crippen LogP contribution in [0.1, 0.15) is 24.1 Å². The van der Waals surface area contributed by atoms with Gasteiger partial charge in [-0.3, -0.25) is 4.79 Å². The molecule has 0 aliphatic carbocycles. The summed E-state index contributed by atoms with van der Waals surface area (Å²) in [5.41, 5.74) is 1.28. The molecule has 1 amide bonds. The van der Waals surface area contributed by atoms with Crippen LogP contribution >= 0.6 is 11.6 Å². The minimum Gasteiger partial charge on any atom is -0.339 e. The molecule has 0 radical (unpaired) electrons. The fourth-order valence-corrected chi connectivity index (χ4v) is 2.38. The van der Waals surface area contributed by atoms with Crippen LogP contribution in [0.25, 0.3) is 0 Å². The lowest BCUT2D eigenvalue weighted by atomic mass is 10.1. The fraction of sp³-hybridized carbons (Fsp3) is 0.235. The molecule has 4 heteroatoms. The molecule has 1 atom stereocenters. The van der Waals surface area contributed by atoms with E-state index in [2.05, 4.69) is 0 Å². The van der Waals surface area contributed by atoms with Crippen molar-refractivity contribution in [1.82, 2.24) is 4.90 Å². The number of benzene rings is 2. The first kappa shape index (κ1) is 15.5. The van der Waals surface area contributed by atoms with Crippen LogP contribution in [-0.2, 0) is 11.2 Å². The van der Waals surface area contributed by atoms with Crippen LogP contribution in [0.3, 0.4) is 0 Å². The second kappa shape index (κ2) is 6.72. The molecule has 0 aliphatic heterocycles. The van der Waals surface area contributed by atoms with Crippen molar-refractivity contribution in [1.29, 1.82) is 0 Å². The molecule has 0 saturated carbocycles. The number of carbonyl (C=O) groups is 1. The van der Waals surface area contributed by atoms with Gasteiger partial charge in [0.15, 0.2) is 0 Å². The normalized spacial score (nSPS) is 12.0. The first-order chi connectivity index (χ1) is 10.0. The van der Waals surface area contributed by atoms with Gasteiger partial charge in [0.1, 0.15) is 5.82 Å². The van der Waals surface area contributed by atoms with Gasteiger partial charge in [0.05, 0.1) is 12.5 Å². The molecule has 2 aromatic carbocycles. The van der Waals surface area contributed by atoms with Crippen molar-refractivity contribution < 1.29 is 9.18 Å². The van der Waals surface area contributed by atoms with Gasteiger partial charge in [0.2, 0.25) is 5.91 Å². The average Bonchev–Trinajstić information content (AvgIpc) is 2.50. The van der Waals surface area contributed by atoms with Crippen LogP contribution < -0.4 is 0 Å². The molecule has 21 heavy (non-hydrogen) atoms. The number of likely N-dealkylation sites (N-methyl/N-ethyl adjacent to an activating group) is 1. The van der Waals surface area contributed by atoms with Crippen molar-refractivity contribution in [3.8, 4) is 0 Å². The molecule has 2 rings (SSSR count). The predicted molar refractivity (Wildman–Crippen MR) is 82.7 cm³/mol. The van der Waals surface area contributed by atoms with Gasteiger partial charge >= 0.3 is 0 Å². The number of carbonyl (C=O) groups excluding carboxylic acids is 1. The van der Waals surface area contributed by atoms with Crippen LogP contribution in [0.15, 0.2) is 48.5 Å². The van der Waals surface area contributed by atoms with E-state index in [4.69, 9.17) is 11.6 Å². The zero-order chi connectivity index (χ0) is 15.4. The smallest absolute Gasteiger partial charge is 0.227 e. The molecule has 0 heterocycles. The van der Waals surface area contributed by atoms with E-state index in [-0.39, 0.29) is 29.0 Å². The third-order valence-corrected chi connectivity index (χ3v) is 4.00. The van der Waals surface area contributed by atoms with E-state index in [9.17, 15) is 9.18 Å². The van der Waals surface area contributed by atoms with Crippen LogP contribution in [0.5, 0.6) is 0 Å². The molecule has 0 aromatic heterocycles. The summed E-state index contributed by atoms with van der Waals surface area (Å²) in [6.45, 7) is 1.94. The maximum Gasteiger partial charge on any atom is 0.227 e. The summed E-state index contributed by atoms with van der Waals surface area (Å²) >= 11 is 5.96. The van der Waals surface area contributed by atoms with Gasteiger partial charge in [-0.1, -0.05) is 48.0 Å². The first-order valence-corrected chi connectivity index (χ1v) is 7.12. The molecule has 0 saturated heterocycles. The van der Waals surface area contributed by atoms with Crippen molar-refractivity contribution in [2.24, 2.45) is 0 Å². The molecule has 0 bridgehead atoms. The Morgan fingerprint density at radius 1 is 1.19 bits per heavy atom. The second-order valence-electron chi connectivity index (χ2n) is 4.97. The highest BCUT2D eigenvalue weighted by Crippen LogP contribution is 2.23. The summed E-state index contributed by atoms with van der Waals surface area (Å²) in [6.07, 6.45) is -0.0425. The molecule has 2 nitrogen and oxygen atoms in total. The first-order valence-electron chi connectivity index (χ1n) is 6.74. The molecule has 0 aliphatic rings. The van der Waals surface area contributed by atoms with E-state index in [1.54, 1.807) is 18.0 Å². The molecular weight excluding hydrogens is 289 g/mol. The van der Waals surface area contributed by atoms with Crippen molar-refractivity contribution in [2.75, 3.05) is 7.05 Å². The van der Waals surface area contributed by atoms with Gasteiger partial charge in [-0.05, 0) is 24.6 Å². The third-order valence-electron chi connectivity index (χ3n) is 3.65. The van der Waals surface area contributed by atoms with Gasteiger partial charge in [-0.25, -0.2) is 4.39 Å². The second-order valence-corrected chi connectivity index (χ2v) is 5.38. The van der Waals surface area contributed by atoms with E-state index in [0.29, 0.717) is 0 Å². The van der Waals surface area contributed by atoms with Crippen molar-refractivity contribution >= 4 is 17.5 Å². The van der Waals surface area contributed by atoms with Gasteiger partial charge in [-0.2, -0.15) is 0 Å². The van der Waals surface area contributed by atoms with E-state index >= 15 is 0 Å². The van der Waals surface area contributed by atoms with E-state index in [1.165, 1.54) is 12.1 Å². The number of hydrogen-bond acceptors (Lipinski definition) is 1. The maximum atomic E-state index is 13.7. The highest BCUT2D eigenvalue weighted by Gasteiger charge is 2.20. The number of nitrogens with zero attached hydrogens (tertiary/aromatic N) is 1. The number of halogens is 2. The van der Waals surface area contributed by atoms with E-state index in [1.807, 2.05) is 37.3 Å². The third kappa shape index (κ3) is 3.61. The van der Waals surface area contributed by atoms with Gasteiger partial charge in [-0.15, -0.1) is 0 Å². The predicted octanol–water partition coefficient (Wildman–Crippen LogP) is 4.24. The summed E-state index contributed by atoms with van der Waals surface area (Å²) < 4.78 is 13.7. The van der Waals surface area contributed by atoms with Crippen molar-refractivity contribution in [3.05, 3.63) is 70.5 Å². The Kier molecular flexibility index (Phi) is 4.97. The number of rotatable bonds is 4. The summed E-state index contributed by atoms with van der Waals surface area (Å²) in [4.78, 5) is 13.9. The number of amides is 1. The molecule has 0 fully saturated rings. The molecule has 1 unspecified atom stereocenters. The monoisotopic (exact) mass is 305 g/mol. The topological polar surface area (TPSA) is 20.3 Å². The Hall–Kier alpha value is -1.87. The molecular formula is C17H17ClFNO. The summed E-state index contributed by atoms with van der Waals surface area (Å²) in [5, 5.41) is 0.282. The molecule has 110 valence electrons. The average molecular weight is 306 g/mol. The van der Waals surface area contributed by atoms with Crippen LogP contribution in [-0.4, -0.2) is 17.9 Å². The highest BCUT2D eigenvalue weighted by molar-refractivity contribution is 6.31. The minimum atomic E-state index is -0.448. The quantitative estimate of drug-likeness (QED) is 0.827. The summed E-state index contributed by atoms with van der Waals surface area (Å²) in [6, 6.07) is 14.1. The van der Waals surface area contributed by atoms with Gasteiger partial charge in [0, 0.05) is 17.6 Å². The van der Waals surface area contributed by atoms with E-state index < -0.39 is 5.82 Å². The van der Waals surface area contributed by atoms with Crippen LogP contribution in [0.4, 0.5) is 4.39 Å². The van der Waals surface area contributed by atoms with Crippen molar-refractivity contribution in [2.45, 2.75) is 19.4 Å². The Morgan fingerprint density at radius 3 is 2.48 bits per heavy atom. The van der Waals surface area contributed by atoms with Gasteiger partial charge < -0.3 is 4.90 Å². The molecule has 0 N–H and O–H groups in total. The van der Waals surface area contributed by atoms with Crippen molar-refractivity contribution in [3.63, 3.8) is 0 Å². The lowest BCUT2D eigenvalue weighted by Crippen LogP contribution is -2.31. The number of hydrogen-bond donors (Lipinski definition) is 0. The molecule has 2 aromatic rings. The zero-order valence-electron chi connectivity index (χ0n) is 12.0. The lowest BCUT2D eigenvalue weighted by molar-refractivity contribution is -0.131. The standard InChI is InChI=1S/C17H17ClFNO/c1-12(13-7-4-3-5-8-13)20(2)17(21)11-14-15(18)9-6-10-16(14)19/h3-10,12H,11H2,1-2H3. The summed E-state index contributed by atoms with van der Waals surface area (Å²) in [7, 11) is 1.72. The summed E-state index contributed by atoms with van der Waals surface area (Å²) in [5.74, 6) is -0.616. The molecule has 0 spiro atoms. The lowest BCUT2D eigenvalue weighted by Gasteiger charge is -2.25. The zero-order valence-corrected chi connectivity index (χ0v) is 12.8. The Balaban J connectivity index is 2.13. The minimum absolute atomic E-state index is 0.0425. The Labute approximate surface area is 129 Å². The van der Waals surface area contributed by atoms with Crippen LogP contribution in [0, 0.1) is 5.82 Å².